The van der Waals surface area contributed by atoms with E-state index in [1.165, 1.54) is 180 Å². The first-order chi connectivity index (χ1) is 36.6. The minimum absolute atomic E-state index is 0.0685. The molecule has 1 heterocycles. The Bertz CT molecular complexity index is 1360. The monoisotopic (exact) mass is 1060 g/mol. The first-order valence-electron chi connectivity index (χ1n) is 31.7. The van der Waals surface area contributed by atoms with Gasteiger partial charge in [-0.25, -0.2) is 4.79 Å². The van der Waals surface area contributed by atoms with Crippen LogP contribution in [0.2, 0.25) is 0 Å². The Labute approximate surface area is 458 Å². The molecule has 3 N–H and O–H groups in total. The van der Waals surface area contributed by atoms with E-state index in [1.807, 2.05) is 0 Å². The average molecular weight is 1070 g/mol. The molecule has 6 atom stereocenters. The third kappa shape index (κ3) is 42.1. The largest absolute Gasteiger partial charge is 0.479 e. The van der Waals surface area contributed by atoms with Crippen LogP contribution in [0.25, 0.3) is 0 Å². The highest BCUT2D eigenvalue weighted by Crippen LogP contribution is 2.27. The first kappa shape index (κ1) is 70.5. The van der Waals surface area contributed by atoms with E-state index in [4.69, 9.17) is 23.7 Å². The van der Waals surface area contributed by atoms with Crippen molar-refractivity contribution < 1.29 is 58.2 Å². The van der Waals surface area contributed by atoms with Crippen molar-refractivity contribution in [2.24, 2.45) is 0 Å². The van der Waals surface area contributed by atoms with Crippen LogP contribution in [0.4, 0.5) is 0 Å². The van der Waals surface area contributed by atoms with Gasteiger partial charge in [-0.3, -0.25) is 14.4 Å². The number of carboxylic acid groups (broad SMARTS) is 1. The maximum absolute atomic E-state index is 13.1. The second-order valence-electron chi connectivity index (χ2n) is 22.1. The molecule has 6 unspecified atom stereocenters. The molecule has 1 aliphatic rings. The van der Waals surface area contributed by atoms with Gasteiger partial charge in [0.15, 0.2) is 24.6 Å². The van der Waals surface area contributed by atoms with Gasteiger partial charge in [0, 0.05) is 19.3 Å². The molecule has 0 aromatic rings. The predicted octanol–water partition coefficient (Wildman–Crippen LogP) is 16.5. The van der Waals surface area contributed by atoms with Crippen molar-refractivity contribution in [3.63, 3.8) is 0 Å². The summed E-state index contributed by atoms with van der Waals surface area (Å²) in [6.07, 6.45) is 46.0. The molecule has 75 heavy (non-hydrogen) atoms. The van der Waals surface area contributed by atoms with Gasteiger partial charge < -0.3 is 39.0 Å². The van der Waals surface area contributed by atoms with Crippen molar-refractivity contribution in [3.8, 4) is 0 Å². The van der Waals surface area contributed by atoms with Crippen LogP contribution < -0.4 is 0 Å². The van der Waals surface area contributed by atoms with Gasteiger partial charge in [0.05, 0.1) is 6.61 Å². The molecular formula is C63H116O12. The molecule has 0 aromatic heterocycles. The summed E-state index contributed by atoms with van der Waals surface area (Å²) in [5.41, 5.74) is 0. The van der Waals surface area contributed by atoms with Crippen molar-refractivity contribution in [1.29, 1.82) is 0 Å². The number of carboxylic acids is 1. The number of ether oxygens (including phenoxy) is 5. The van der Waals surface area contributed by atoms with E-state index in [2.05, 4.69) is 32.9 Å². The fraction of sp³-hybridized carbons (Fsp3) is 0.905. The fourth-order valence-corrected chi connectivity index (χ4v) is 9.95. The van der Waals surface area contributed by atoms with Crippen LogP contribution in [-0.4, -0.2) is 89.2 Å². The Morgan fingerprint density at radius 2 is 0.760 bits per heavy atom. The molecule has 1 rings (SSSR count). The number of hydrogen-bond donors (Lipinski definition) is 3. The summed E-state index contributed by atoms with van der Waals surface area (Å²) >= 11 is 0. The van der Waals surface area contributed by atoms with Gasteiger partial charge in [-0.05, 0) is 44.9 Å². The maximum Gasteiger partial charge on any atom is 0.335 e. The molecule has 12 nitrogen and oxygen atoms in total. The first-order valence-corrected chi connectivity index (χ1v) is 31.7. The van der Waals surface area contributed by atoms with Crippen LogP contribution in [0, 0.1) is 0 Å². The van der Waals surface area contributed by atoms with Crippen molar-refractivity contribution in [2.45, 2.75) is 353 Å². The second kappa shape index (κ2) is 52.2. The van der Waals surface area contributed by atoms with E-state index in [0.717, 1.165) is 77.0 Å². The highest BCUT2D eigenvalue weighted by molar-refractivity contribution is 5.74. The summed E-state index contributed by atoms with van der Waals surface area (Å²) in [7, 11) is 0. The Kier molecular flexibility index (Phi) is 49.0. The molecule has 1 saturated heterocycles. The van der Waals surface area contributed by atoms with Crippen LogP contribution in [0.5, 0.6) is 0 Å². The number of aliphatic hydroxyl groups is 2. The number of carbonyl (C=O) groups excluding carboxylic acids is 3. The number of esters is 3. The van der Waals surface area contributed by atoms with Gasteiger partial charge in [0.2, 0.25) is 0 Å². The summed E-state index contributed by atoms with van der Waals surface area (Å²) in [6, 6.07) is 0. The lowest BCUT2D eigenvalue weighted by atomic mass is 9.98. The minimum atomic E-state index is -1.90. The second-order valence-corrected chi connectivity index (χ2v) is 22.1. The Balaban J connectivity index is 2.64. The molecule has 0 bridgehead atoms. The molecule has 1 aliphatic heterocycles. The van der Waals surface area contributed by atoms with Gasteiger partial charge >= 0.3 is 23.9 Å². The van der Waals surface area contributed by atoms with Gasteiger partial charge in [0.25, 0.3) is 0 Å². The molecule has 0 amide bonds. The quantitative estimate of drug-likeness (QED) is 0.0228. The van der Waals surface area contributed by atoms with Crippen molar-refractivity contribution in [2.75, 3.05) is 13.2 Å². The molecule has 0 radical (unpaired) electrons. The molecule has 440 valence electrons. The van der Waals surface area contributed by atoms with Crippen molar-refractivity contribution >= 4 is 23.9 Å². The number of hydrogen-bond acceptors (Lipinski definition) is 11. The van der Waals surface area contributed by atoms with Crippen LogP contribution in [0.15, 0.2) is 12.2 Å². The van der Waals surface area contributed by atoms with Crippen LogP contribution in [0.1, 0.15) is 316 Å². The van der Waals surface area contributed by atoms with Gasteiger partial charge in [-0.2, -0.15) is 0 Å². The number of allylic oxidation sites excluding steroid dienone is 2. The molecular weight excluding hydrogens is 949 g/mol. The molecule has 0 spiro atoms. The van der Waals surface area contributed by atoms with E-state index >= 15 is 0 Å². The van der Waals surface area contributed by atoms with Gasteiger partial charge in [-0.1, -0.05) is 264 Å². The zero-order chi connectivity index (χ0) is 54.7. The third-order valence-corrected chi connectivity index (χ3v) is 14.8. The number of rotatable bonds is 55. The zero-order valence-electron chi connectivity index (χ0n) is 48.6. The number of carbonyl (C=O) groups is 4. The summed E-state index contributed by atoms with van der Waals surface area (Å²) in [4.78, 5) is 51.2. The summed E-state index contributed by atoms with van der Waals surface area (Å²) in [6.45, 7) is 6.03. The van der Waals surface area contributed by atoms with E-state index in [-0.39, 0.29) is 25.9 Å². The van der Waals surface area contributed by atoms with Crippen LogP contribution in [0.3, 0.4) is 0 Å². The van der Waals surface area contributed by atoms with Gasteiger partial charge in [-0.15, -0.1) is 0 Å². The number of aliphatic carboxylic acids is 1. The lowest BCUT2D eigenvalue weighted by Gasteiger charge is -2.40. The van der Waals surface area contributed by atoms with E-state index < -0.39 is 67.3 Å². The SMILES string of the molecule is CCCCCCCC/C=C\CCCCCCCC(=O)OCC(COC1OC(C(=O)O)C(O)C(O)C1OC(=O)CCCCCCCCCCCCCCCCCCC)OC(=O)CCCCCCCCCCCCCCC. The topological polar surface area (TPSA) is 175 Å². The van der Waals surface area contributed by atoms with Crippen LogP contribution >= 0.6 is 0 Å². The van der Waals surface area contributed by atoms with Gasteiger partial charge in [0.1, 0.15) is 18.8 Å². The number of aliphatic hydroxyl groups excluding tert-OH is 2. The predicted molar refractivity (Wildman–Crippen MR) is 304 cm³/mol. The Morgan fingerprint density at radius 1 is 0.427 bits per heavy atom. The fourth-order valence-electron chi connectivity index (χ4n) is 9.95. The lowest BCUT2D eigenvalue weighted by Crippen LogP contribution is -2.61. The highest BCUT2D eigenvalue weighted by atomic mass is 16.7. The molecule has 1 fully saturated rings. The molecule has 12 heteroatoms. The van der Waals surface area contributed by atoms with E-state index in [1.54, 1.807) is 0 Å². The maximum atomic E-state index is 13.1. The zero-order valence-corrected chi connectivity index (χ0v) is 48.6. The standard InChI is InChI=1S/C63H116O12/c1-4-7-10-13-16-19-22-25-27-28-30-33-36-39-42-45-48-51-57(66)74-61-59(68)58(67)60(62(69)70)75-63(61)72-53-54(73-56(65)50-47-44-41-38-35-31-24-21-18-15-12-9-6-3)52-71-55(64)49-46-43-40-37-34-32-29-26-23-20-17-14-11-8-5-2/h26,29,54,58-61,63,67-68H,4-25,27-28,30-53H2,1-3H3,(H,69,70)/b29-26-. The minimum Gasteiger partial charge on any atom is -0.479 e. The summed E-state index contributed by atoms with van der Waals surface area (Å²) in [5, 5.41) is 31.5. The number of unbranched alkanes of at least 4 members (excludes halogenated alkanes) is 39. The van der Waals surface area contributed by atoms with Crippen molar-refractivity contribution in [1.82, 2.24) is 0 Å². The lowest BCUT2D eigenvalue weighted by molar-refractivity contribution is -0.301. The van der Waals surface area contributed by atoms with Crippen LogP contribution in [-0.2, 0) is 42.9 Å². The molecule has 0 aliphatic carbocycles. The molecule has 0 saturated carbocycles. The summed E-state index contributed by atoms with van der Waals surface area (Å²) in [5.74, 6) is -3.09. The Hall–Kier alpha value is -2.54. The molecule has 0 aromatic carbocycles. The van der Waals surface area contributed by atoms with E-state index in [9.17, 15) is 34.5 Å². The average Bonchev–Trinajstić information content (AvgIpc) is 3.39. The smallest absolute Gasteiger partial charge is 0.335 e. The highest BCUT2D eigenvalue weighted by Gasteiger charge is 2.50. The summed E-state index contributed by atoms with van der Waals surface area (Å²) < 4.78 is 28.5. The normalized spacial score (nSPS) is 18.1. The Morgan fingerprint density at radius 3 is 1.13 bits per heavy atom. The third-order valence-electron chi connectivity index (χ3n) is 14.8. The van der Waals surface area contributed by atoms with E-state index in [0.29, 0.717) is 19.3 Å². The van der Waals surface area contributed by atoms with Crippen molar-refractivity contribution in [3.05, 3.63) is 12.2 Å².